The standard InChI is InChI=1S/C18H32N2O/c1-5-13-19-16(2)7-8-17-9-11-18(12-10-17)21-15-6-14-20(3)4/h9-12,16,19H,5-8,13-15H2,1-4H3. The Morgan fingerprint density at radius 3 is 2.52 bits per heavy atom. The molecule has 1 N–H and O–H groups in total. The Morgan fingerprint density at radius 2 is 1.90 bits per heavy atom. The molecule has 1 aromatic carbocycles. The molecule has 1 rings (SSSR count). The number of nitrogens with one attached hydrogen (secondary N) is 1. The van der Waals surface area contributed by atoms with Crippen molar-refractivity contribution < 1.29 is 4.74 Å². The molecule has 3 heteroatoms. The van der Waals surface area contributed by atoms with E-state index in [1.165, 1.54) is 18.4 Å². The molecule has 0 bridgehead atoms. The predicted molar refractivity (Wildman–Crippen MR) is 91.2 cm³/mol. The Morgan fingerprint density at radius 1 is 1.19 bits per heavy atom. The Hall–Kier alpha value is -1.06. The number of hydrogen-bond donors (Lipinski definition) is 1. The average molecular weight is 292 g/mol. The van der Waals surface area contributed by atoms with Crippen LogP contribution in [0.25, 0.3) is 0 Å². The van der Waals surface area contributed by atoms with Gasteiger partial charge in [-0.2, -0.15) is 0 Å². The van der Waals surface area contributed by atoms with E-state index in [-0.39, 0.29) is 0 Å². The predicted octanol–water partition coefficient (Wildman–Crippen LogP) is 3.34. The van der Waals surface area contributed by atoms with Gasteiger partial charge in [-0.05, 0) is 70.9 Å². The van der Waals surface area contributed by atoms with Gasteiger partial charge < -0.3 is 15.0 Å². The van der Waals surface area contributed by atoms with Crippen molar-refractivity contribution in [3.05, 3.63) is 29.8 Å². The van der Waals surface area contributed by atoms with E-state index in [4.69, 9.17) is 4.74 Å². The lowest BCUT2D eigenvalue weighted by atomic mass is 10.1. The summed E-state index contributed by atoms with van der Waals surface area (Å²) in [5.74, 6) is 0.981. The lowest BCUT2D eigenvalue weighted by Crippen LogP contribution is -2.27. The van der Waals surface area contributed by atoms with Crippen LogP contribution in [0.4, 0.5) is 0 Å². The van der Waals surface area contributed by atoms with Crippen LogP contribution in [0.1, 0.15) is 38.7 Å². The maximum atomic E-state index is 5.75. The first-order chi connectivity index (χ1) is 10.1. The van der Waals surface area contributed by atoms with Gasteiger partial charge in [-0.1, -0.05) is 19.1 Å². The van der Waals surface area contributed by atoms with Crippen LogP contribution in [0.3, 0.4) is 0 Å². The van der Waals surface area contributed by atoms with E-state index in [0.717, 1.165) is 38.3 Å². The van der Waals surface area contributed by atoms with Crippen LogP contribution < -0.4 is 10.1 Å². The smallest absolute Gasteiger partial charge is 0.119 e. The molecule has 3 nitrogen and oxygen atoms in total. The third-order valence-corrected chi connectivity index (χ3v) is 3.55. The highest BCUT2D eigenvalue weighted by molar-refractivity contribution is 5.27. The van der Waals surface area contributed by atoms with Gasteiger partial charge in [0.15, 0.2) is 0 Å². The largest absolute Gasteiger partial charge is 0.494 e. The minimum absolute atomic E-state index is 0.590. The van der Waals surface area contributed by atoms with Crippen LogP contribution in [0.5, 0.6) is 5.75 Å². The Balaban J connectivity index is 2.23. The summed E-state index contributed by atoms with van der Waals surface area (Å²) in [5, 5.41) is 3.53. The van der Waals surface area contributed by atoms with Crippen LogP contribution in [-0.4, -0.2) is 44.7 Å². The molecule has 0 spiro atoms. The van der Waals surface area contributed by atoms with Crippen molar-refractivity contribution in [1.82, 2.24) is 10.2 Å². The van der Waals surface area contributed by atoms with Crippen molar-refractivity contribution in [3.8, 4) is 5.75 Å². The highest BCUT2D eigenvalue weighted by Crippen LogP contribution is 2.14. The van der Waals surface area contributed by atoms with Crippen molar-refractivity contribution in [2.75, 3.05) is 33.8 Å². The summed E-state index contributed by atoms with van der Waals surface area (Å²) in [6.07, 6.45) is 4.57. The molecule has 0 aliphatic rings. The fourth-order valence-corrected chi connectivity index (χ4v) is 2.20. The molecule has 1 aromatic rings. The van der Waals surface area contributed by atoms with Gasteiger partial charge in [-0.3, -0.25) is 0 Å². The average Bonchev–Trinajstić information content (AvgIpc) is 2.48. The normalized spacial score (nSPS) is 12.6. The maximum absolute atomic E-state index is 5.75. The van der Waals surface area contributed by atoms with Crippen molar-refractivity contribution in [2.24, 2.45) is 0 Å². The molecule has 0 fully saturated rings. The number of hydrogen-bond acceptors (Lipinski definition) is 3. The SMILES string of the molecule is CCCNC(C)CCc1ccc(OCCCN(C)C)cc1. The molecule has 21 heavy (non-hydrogen) atoms. The molecule has 0 saturated heterocycles. The monoisotopic (exact) mass is 292 g/mol. The molecule has 0 aliphatic heterocycles. The molecule has 0 radical (unpaired) electrons. The Bertz CT molecular complexity index is 362. The van der Waals surface area contributed by atoms with E-state index in [2.05, 4.69) is 62.4 Å². The van der Waals surface area contributed by atoms with E-state index in [1.807, 2.05) is 0 Å². The number of rotatable bonds is 11. The zero-order valence-electron chi connectivity index (χ0n) is 14.2. The van der Waals surface area contributed by atoms with Gasteiger partial charge in [0.1, 0.15) is 5.75 Å². The van der Waals surface area contributed by atoms with E-state index in [9.17, 15) is 0 Å². The van der Waals surface area contributed by atoms with Gasteiger partial charge in [-0.15, -0.1) is 0 Å². The van der Waals surface area contributed by atoms with Gasteiger partial charge in [0, 0.05) is 12.6 Å². The lowest BCUT2D eigenvalue weighted by Gasteiger charge is -2.13. The Labute approximate surface area is 130 Å². The summed E-state index contributed by atoms with van der Waals surface area (Å²) in [5.41, 5.74) is 1.39. The molecule has 0 saturated carbocycles. The number of ether oxygens (including phenoxy) is 1. The molecule has 0 heterocycles. The summed E-state index contributed by atoms with van der Waals surface area (Å²) in [6.45, 7) is 7.44. The van der Waals surface area contributed by atoms with Crippen molar-refractivity contribution in [3.63, 3.8) is 0 Å². The fraction of sp³-hybridized carbons (Fsp3) is 0.667. The first kappa shape index (κ1) is 18.0. The lowest BCUT2D eigenvalue weighted by molar-refractivity contribution is 0.281. The summed E-state index contributed by atoms with van der Waals surface area (Å²) in [7, 11) is 4.18. The first-order valence-electron chi connectivity index (χ1n) is 8.21. The molecule has 120 valence electrons. The molecular weight excluding hydrogens is 260 g/mol. The van der Waals surface area contributed by atoms with Crippen LogP contribution in [-0.2, 0) is 6.42 Å². The zero-order chi connectivity index (χ0) is 15.5. The van der Waals surface area contributed by atoms with Gasteiger partial charge in [0.05, 0.1) is 6.61 Å². The minimum Gasteiger partial charge on any atom is -0.494 e. The van der Waals surface area contributed by atoms with Crippen molar-refractivity contribution in [1.29, 1.82) is 0 Å². The third kappa shape index (κ3) is 8.74. The van der Waals surface area contributed by atoms with E-state index in [0.29, 0.717) is 6.04 Å². The van der Waals surface area contributed by atoms with Crippen molar-refractivity contribution in [2.45, 2.75) is 45.6 Å². The van der Waals surface area contributed by atoms with Crippen molar-refractivity contribution >= 4 is 0 Å². The van der Waals surface area contributed by atoms with Crippen LogP contribution in [0.2, 0.25) is 0 Å². The summed E-state index contributed by atoms with van der Waals surface area (Å²) < 4.78 is 5.75. The topological polar surface area (TPSA) is 24.5 Å². The summed E-state index contributed by atoms with van der Waals surface area (Å²) in [6, 6.07) is 9.15. The highest BCUT2D eigenvalue weighted by Gasteiger charge is 2.02. The second-order valence-electron chi connectivity index (χ2n) is 6.04. The fourth-order valence-electron chi connectivity index (χ4n) is 2.20. The molecule has 1 atom stereocenters. The van der Waals surface area contributed by atoms with Crippen LogP contribution in [0.15, 0.2) is 24.3 Å². The van der Waals surface area contributed by atoms with Gasteiger partial charge in [0.25, 0.3) is 0 Å². The summed E-state index contributed by atoms with van der Waals surface area (Å²) in [4.78, 5) is 2.18. The Kier molecular flexibility index (Phi) is 9.11. The summed E-state index contributed by atoms with van der Waals surface area (Å²) >= 11 is 0. The highest BCUT2D eigenvalue weighted by atomic mass is 16.5. The number of nitrogens with zero attached hydrogens (tertiary/aromatic N) is 1. The zero-order valence-corrected chi connectivity index (χ0v) is 14.2. The second-order valence-corrected chi connectivity index (χ2v) is 6.04. The first-order valence-corrected chi connectivity index (χ1v) is 8.21. The number of benzene rings is 1. The van der Waals surface area contributed by atoms with E-state index >= 15 is 0 Å². The molecular formula is C18H32N2O. The minimum atomic E-state index is 0.590. The maximum Gasteiger partial charge on any atom is 0.119 e. The molecule has 0 amide bonds. The van der Waals surface area contributed by atoms with E-state index in [1.54, 1.807) is 0 Å². The number of aryl methyl sites for hydroxylation is 1. The molecule has 0 aromatic heterocycles. The van der Waals surface area contributed by atoms with Crippen LogP contribution in [0, 0.1) is 0 Å². The van der Waals surface area contributed by atoms with Gasteiger partial charge in [-0.25, -0.2) is 0 Å². The van der Waals surface area contributed by atoms with E-state index < -0.39 is 0 Å². The van der Waals surface area contributed by atoms with Gasteiger partial charge in [0.2, 0.25) is 0 Å². The molecule has 1 unspecified atom stereocenters. The third-order valence-electron chi connectivity index (χ3n) is 3.55. The van der Waals surface area contributed by atoms with Gasteiger partial charge >= 0.3 is 0 Å². The van der Waals surface area contributed by atoms with Crippen LogP contribution >= 0.6 is 0 Å². The molecule has 0 aliphatic carbocycles. The second kappa shape index (κ2) is 10.6. The quantitative estimate of drug-likeness (QED) is 0.633.